The summed E-state index contributed by atoms with van der Waals surface area (Å²) in [7, 11) is -3.06. The number of nitrogens with two attached hydrogens (primary N) is 2. The Balaban J connectivity index is 2.38. The van der Waals surface area contributed by atoms with E-state index in [9.17, 15) is 8.42 Å². The lowest BCUT2D eigenvalue weighted by Gasteiger charge is -2.19. The van der Waals surface area contributed by atoms with Crippen molar-refractivity contribution < 1.29 is 8.42 Å². The van der Waals surface area contributed by atoms with E-state index in [0.29, 0.717) is 24.3 Å². The van der Waals surface area contributed by atoms with Crippen LogP contribution in [0.2, 0.25) is 0 Å². The van der Waals surface area contributed by atoms with Crippen LogP contribution in [-0.2, 0) is 16.3 Å². The van der Waals surface area contributed by atoms with Crippen LogP contribution in [0.1, 0.15) is 30.0 Å². The number of hydrogen-bond acceptors (Lipinski definition) is 4. The Kier molecular flexibility index (Phi) is 3.51. The largest absolute Gasteiger partial charge is 0.330 e. The zero-order chi connectivity index (χ0) is 12.5. The first kappa shape index (κ1) is 12.5. The molecule has 1 atom stereocenters. The van der Waals surface area contributed by atoms with Gasteiger partial charge in [0.25, 0.3) is 0 Å². The molecule has 0 saturated carbocycles. The molecule has 5 heteroatoms. The van der Waals surface area contributed by atoms with E-state index >= 15 is 0 Å². The fraction of sp³-hybridized carbons (Fsp3) is 0.500. The molecule has 4 nitrogen and oxygen atoms in total. The minimum Gasteiger partial charge on any atom is -0.330 e. The fourth-order valence-corrected chi connectivity index (χ4v) is 3.82. The molecule has 94 valence electrons. The molecule has 1 aliphatic rings. The summed E-state index contributed by atoms with van der Waals surface area (Å²) in [5.74, 6) is 0.258. The molecule has 1 unspecified atom stereocenters. The Labute approximate surface area is 102 Å². The summed E-state index contributed by atoms with van der Waals surface area (Å²) >= 11 is 0. The quantitative estimate of drug-likeness (QED) is 0.833. The molecule has 4 N–H and O–H groups in total. The van der Waals surface area contributed by atoms with Crippen molar-refractivity contribution in [3.63, 3.8) is 0 Å². The third-order valence-electron chi connectivity index (χ3n) is 3.18. The van der Waals surface area contributed by atoms with Crippen molar-refractivity contribution in [3.8, 4) is 0 Å². The monoisotopic (exact) mass is 254 g/mol. The van der Waals surface area contributed by atoms with Gasteiger partial charge in [-0.1, -0.05) is 12.1 Å². The maximum Gasteiger partial charge on any atom is 0.178 e. The maximum absolute atomic E-state index is 11.8. The van der Waals surface area contributed by atoms with E-state index in [0.717, 1.165) is 17.5 Å². The topological polar surface area (TPSA) is 86.2 Å². The molecule has 0 spiro atoms. The molecule has 1 aromatic carbocycles. The highest BCUT2D eigenvalue weighted by Gasteiger charge is 2.23. The smallest absolute Gasteiger partial charge is 0.178 e. The van der Waals surface area contributed by atoms with Crippen LogP contribution in [0.25, 0.3) is 0 Å². The molecule has 2 rings (SSSR count). The van der Waals surface area contributed by atoms with Gasteiger partial charge in [0, 0.05) is 6.04 Å². The maximum atomic E-state index is 11.8. The van der Waals surface area contributed by atoms with Crippen molar-refractivity contribution in [2.24, 2.45) is 11.5 Å². The molecule has 0 amide bonds. The van der Waals surface area contributed by atoms with Gasteiger partial charge in [0.2, 0.25) is 0 Å². The summed E-state index contributed by atoms with van der Waals surface area (Å²) in [6.07, 6.45) is 2.23. The standard InChI is InChI=1S/C12H18N2O2S/c13-6-5-11(14)9-3-4-12-10(8-9)2-1-7-17(12,15)16/h3-4,8,11H,1-2,5-7,13-14H2. The summed E-state index contributed by atoms with van der Waals surface area (Å²) in [4.78, 5) is 0.479. The van der Waals surface area contributed by atoms with Crippen LogP contribution in [-0.4, -0.2) is 20.7 Å². The van der Waals surface area contributed by atoms with Gasteiger partial charge >= 0.3 is 0 Å². The van der Waals surface area contributed by atoms with E-state index in [4.69, 9.17) is 11.5 Å². The normalized spacial score (nSPS) is 19.6. The highest BCUT2D eigenvalue weighted by molar-refractivity contribution is 7.91. The average molecular weight is 254 g/mol. The third kappa shape index (κ3) is 2.51. The predicted molar refractivity (Wildman–Crippen MR) is 67.4 cm³/mol. The Morgan fingerprint density at radius 2 is 2.12 bits per heavy atom. The molecule has 0 fully saturated rings. The fourth-order valence-electron chi connectivity index (χ4n) is 2.24. The number of rotatable bonds is 3. The lowest BCUT2D eigenvalue weighted by molar-refractivity contribution is 0.585. The van der Waals surface area contributed by atoms with Crippen molar-refractivity contribution in [1.29, 1.82) is 0 Å². The number of fused-ring (bicyclic) bond motifs is 1. The Morgan fingerprint density at radius 1 is 1.35 bits per heavy atom. The molecule has 17 heavy (non-hydrogen) atoms. The Bertz CT molecular complexity index is 511. The SMILES string of the molecule is NCCC(N)c1ccc2c(c1)CCCS2(=O)=O. The van der Waals surface area contributed by atoms with Crippen LogP contribution in [0.15, 0.2) is 23.1 Å². The van der Waals surface area contributed by atoms with Crippen LogP contribution in [0.4, 0.5) is 0 Å². The van der Waals surface area contributed by atoms with Gasteiger partial charge in [-0.05, 0) is 43.0 Å². The highest BCUT2D eigenvalue weighted by Crippen LogP contribution is 2.27. The molecule has 1 aromatic rings. The van der Waals surface area contributed by atoms with Gasteiger partial charge in [0.15, 0.2) is 9.84 Å². The van der Waals surface area contributed by atoms with Crippen molar-refractivity contribution in [2.75, 3.05) is 12.3 Å². The highest BCUT2D eigenvalue weighted by atomic mass is 32.2. The lowest BCUT2D eigenvalue weighted by Crippen LogP contribution is -2.19. The van der Waals surface area contributed by atoms with Crippen molar-refractivity contribution in [1.82, 2.24) is 0 Å². The lowest BCUT2D eigenvalue weighted by atomic mass is 10.00. The number of hydrogen-bond donors (Lipinski definition) is 2. The van der Waals surface area contributed by atoms with E-state index in [1.807, 2.05) is 12.1 Å². The summed E-state index contributed by atoms with van der Waals surface area (Å²) in [6.45, 7) is 0.538. The first-order valence-corrected chi connectivity index (χ1v) is 7.51. The second-order valence-corrected chi connectivity index (χ2v) is 6.55. The van der Waals surface area contributed by atoms with E-state index in [-0.39, 0.29) is 11.8 Å². The van der Waals surface area contributed by atoms with E-state index in [1.165, 1.54) is 0 Å². The third-order valence-corrected chi connectivity index (χ3v) is 5.08. The molecule has 0 radical (unpaired) electrons. The Morgan fingerprint density at radius 3 is 2.82 bits per heavy atom. The van der Waals surface area contributed by atoms with Crippen molar-refractivity contribution in [3.05, 3.63) is 29.3 Å². The molecule has 0 bridgehead atoms. The average Bonchev–Trinajstić information content (AvgIpc) is 2.28. The van der Waals surface area contributed by atoms with Crippen LogP contribution in [0, 0.1) is 0 Å². The number of sulfone groups is 1. The summed E-state index contributed by atoms with van der Waals surface area (Å²) in [5, 5.41) is 0. The first-order chi connectivity index (χ1) is 8.04. The minimum absolute atomic E-state index is 0.102. The van der Waals surface area contributed by atoms with Gasteiger partial charge in [-0.3, -0.25) is 0 Å². The van der Waals surface area contributed by atoms with Crippen LogP contribution in [0.5, 0.6) is 0 Å². The van der Waals surface area contributed by atoms with Gasteiger partial charge in [0.05, 0.1) is 10.6 Å². The molecule has 0 aromatic heterocycles. The molecule has 0 saturated heterocycles. The second kappa shape index (κ2) is 4.76. The van der Waals surface area contributed by atoms with Gasteiger partial charge in [-0.2, -0.15) is 0 Å². The predicted octanol–water partition coefficient (Wildman–Crippen LogP) is 0.755. The van der Waals surface area contributed by atoms with Crippen LogP contribution >= 0.6 is 0 Å². The number of aryl methyl sites for hydroxylation is 1. The van der Waals surface area contributed by atoms with Gasteiger partial charge in [0.1, 0.15) is 0 Å². The van der Waals surface area contributed by atoms with Gasteiger partial charge < -0.3 is 11.5 Å². The molecule has 1 heterocycles. The van der Waals surface area contributed by atoms with Crippen LogP contribution < -0.4 is 11.5 Å². The van der Waals surface area contributed by atoms with Gasteiger partial charge in [-0.15, -0.1) is 0 Å². The molecule has 1 aliphatic heterocycles. The summed E-state index contributed by atoms with van der Waals surface area (Å²) < 4.78 is 23.7. The first-order valence-electron chi connectivity index (χ1n) is 5.86. The van der Waals surface area contributed by atoms with E-state index in [1.54, 1.807) is 6.07 Å². The van der Waals surface area contributed by atoms with Crippen molar-refractivity contribution >= 4 is 9.84 Å². The zero-order valence-corrected chi connectivity index (χ0v) is 10.5. The molecule has 0 aliphatic carbocycles. The minimum atomic E-state index is -3.06. The Hall–Kier alpha value is -0.910. The second-order valence-electron chi connectivity index (χ2n) is 4.47. The van der Waals surface area contributed by atoms with Crippen molar-refractivity contribution in [2.45, 2.75) is 30.2 Å². The number of benzene rings is 1. The van der Waals surface area contributed by atoms with E-state index in [2.05, 4.69) is 0 Å². The summed E-state index contributed by atoms with van der Waals surface area (Å²) in [6, 6.07) is 5.32. The zero-order valence-electron chi connectivity index (χ0n) is 9.72. The molecular weight excluding hydrogens is 236 g/mol. The summed E-state index contributed by atoms with van der Waals surface area (Å²) in [5.41, 5.74) is 13.3. The van der Waals surface area contributed by atoms with E-state index < -0.39 is 9.84 Å². The van der Waals surface area contributed by atoms with Gasteiger partial charge in [-0.25, -0.2) is 8.42 Å². The van der Waals surface area contributed by atoms with Crippen LogP contribution in [0.3, 0.4) is 0 Å². The molecular formula is C12H18N2O2S.